The van der Waals surface area contributed by atoms with E-state index in [9.17, 15) is 21.6 Å². The number of halogens is 3. The summed E-state index contributed by atoms with van der Waals surface area (Å²) in [5, 5.41) is 0. The maximum atomic E-state index is 12.3. The number of hydrogen-bond donors (Lipinski definition) is 0. The molecular weight excluding hydrogens is 630 g/mol. The highest BCUT2D eigenvalue weighted by Crippen LogP contribution is 2.28. The van der Waals surface area contributed by atoms with Gasteiger partial charge < -0.3 is 8.92 Å². The molecule has 0 aromatic heterocycles. The fourth-order valence-electron chi connectivity index (χ4n) is 4.72. The zero-order valence-electron chi connectivity index (χ0n) is 27.2. The van der Waals surface area contributed by atoms with Gasteiger partial charge in [0.15, 0.2) is 0 Å². The highest BCUT2D eigenvalue weighted by atomic mass is 32.2. The molecule has 0 aliphatic rings. The van der Waals surface area contributed by atoms with Crippen molar-refractivity contribution in [1.29, 1.82) is 0 Å². The molecule has 3 aromatic rings. The van der Waals surface area contributed by atoms with E-state index >= 15 is 0 Å². The Morgan fingerprint density at radius 1 is 0.543 bits per heavy atom. The van der Waals surface area contributed by atoms with Crippen LogP contribution in [0.5, 0.6) is 11.5 Å². The minimum atomic E-state index is -5.65. The maximum Gasteiger partial charge on any atom is 0.534 e. The van der Waals surface area contributed by atoms with Crippen molar-refractivity contribution in [3.63, 3.8) is 0 Å². The number of hydrogen-bond acceptors (Lipinski definition) is 5. The largest absolute Gasteiger partial charge is 0.534 e. The van der Waals surface area contributed by atoms with Gasteiger partial charge in [-0.15, -0.1) is 0 Å². The Hall–Kier alpha value is -2.65. The van der Waals surface area contributed by atoms with Crippen molar-refractivity contribution in [3.8, 4) is 11.5 Å². The molecule has 0 fully saturated rings. The smallest absolute Gasteiger partial charge is 0.494 e. The Labute approximate surface area is 279 Å². The van der Waals surface area contributed by atoms with E-state index in [1.165, 1.54) is 112 Å². The third kappa shape index (κ3) is 18.5. The molecule has 0 heterocycles. The van der Waals surface area contributed by atoms with E-state index < -0.39 is 21.4 Å². The van der Waals surface area contributed by atoms with Gasteiger partial charge in [-0.25, -0.2) is 0 Å². The summed E-state index contributed by atoms with van der Waals surface area (Å²) in [4.78, 5) is 2.57. The predicted molar refractivity (Wildman–Crippen MR) is 184 cm³/mol. The van der Waals surface area contributed by atoms with E-state index in [1.807, 2.05) is 12.1 Å². The molecule has 4 nitrogen and oxygen atoms in total. The normalized spacial score (nSPS) is 11.5. The van der Waals surface area contributed by atoms with Gasteiger partial charge >= 0.3 is 15.6 Å². The van der Waals surface area contributed by atoms with Crippen LogP contribution in [0.2, 0.25) is 0 Å². The number of benzene rings is 3. The number of alkyl halides is 3. The summed E-state index contributed by atoms with van der Waals surface area (Å²) in [7, 11) is -5.65. The molecule has 0 aliphatic carbocycles. The topological polar surface area (TPSA) is 52.6 Å². The van der Waals surface area contributed by atoms with Crippen LogP contribution in [-0.4, -0.2) is 20.5 Å². The monoisotopic (exact) mass is 680 g/mol. The van der Waals surface area contributed by atoms with E-state index in [1.54, 1.807) is 11.8 Å². The molecule has 0 bridgehead atoms. The van der Waals surface area contributed by atoms with Gasteiger partial charge in [0.2, 0.25) is 0 Å². The van der Waals surface area contributed by atoms with Crippen LogP contribution in [0.25, 0.3) is 0 Å². The van der Waals surface area contributed by atoms with Crippen LogP contribution < -0.4 is 8.92 Å². The van der Waals surface area contributed by atoms with Crippen LogP contribution in [0.4, 0.5) is 13.2 Å². The van der Waals surface area contributed by atoms with Crippen LogP contribution in [0.1, 0.15) is 110 Å². The Bertz CT molecular complexity index is 1220. The third-order valence-corrected chi connectivity index (χ3v) is 9.30. The molecule has 0 saturated heterocycles. The highest BCUT2D eigenvalue weighted by Gasteiger charge is 2.48. The molecule has 0 atom stereocenters. The fourth-order valence-corrected chi connectivity index (χ4v) is 6.04. The summed E-state index contributed by atoms with van der Waals surface area (Å²) in [5.41, 5.74) is -5.45. The van der Waals surface area contributed by atoms with E-state index in [4.69, 9.17) is 4.74 Å². The Morgan fingerprint density at radius 3 is 1.30 bits per heavy atom. The summed E-state index contributed by atoms with van der Waals surface area (Å²) in [6, 6.07) is 25.9. The fraction of sp³-hybridized carbons (Fsp3) is 0.514. The van der Waals surface area contributed by atoms with Crippen molar-refractivity contribution in [2.24, 2.45) is 0 Å². The first kappa shape index (κ1) is 39.5. The number of ether oxygens (including phenoxy) is 1. The van der Waals surface area contributed by atoms with Crippen LogP contribution in [-0.2, 0) is 10.1 Å². The van der Waals surface area contributed by atoms with E-state index in [0.29, 0.717) is 12.4 Å². The third-order valence-electron chi connectivity index (χ3n) is 7.30. The van der Waals surface area contributed by atoms with Gasteiger partial charge in [-0.2, -0.15) is 21.6 Å². The van der Waals surface area contributed by atoms with Crippen molar-refractivity contribution in [1.82, 2.24) is 0 Å². The summed E-state index contributed by atoms with van der Waals surface area (Å²) in [5.74, 6) is 0.0646. The standard InChI is InChI=1S/C25H41F3O4S.C12H10S/c1-2-3-4-5-6-7-8-9-10-11-12-13-14-15-16-17-22-31-23-18-20-24(21-19-23)32-33(29,30)25(26,27)28;1-3-7-11(8-4-1)13-12-9-5-2-6-10-12/h18-21H,2-17,22H2,1H3;1-10H. The highest BCUT2D eigenvalue weighted by molar-refractivity contribution is 7.99. The molecule has 0 spiro atoms. The zero-order valence-corrected chi connectivity index (χ0v) is 28.8. The lowest BCUT2D eigenvalue weighted by molar-refractivity contribution is -0.0500. The van der Waals surface area contributed by atoms with Crippen molar-refractivity contribution >= 4 is 21.9 Å². The molecule has 0 N–H and O–H groups in total. The van der Waals surface area contributed by atoms with Crippen LogP contribution in [0.3, 0.4) is 0 Å². The minimum absolute atomic E-state index is 0.401. The maximum absolute atomic E-state index is 12.3. The first-order valence-electron chi connectivity index (χ1n) is 16.7. The van der Waals surface area contributed by atoms with Crippen molar-refractivity contribution in [2.45, 2.75) is 125 Å². The molecule has 46 heavy (non-hydrogen) atoms. The second kappa shape index (κ2) is 23.6. The quantitative estimate of drug-likeness (QED) is 0.0600. The number of unbranched alkanes of at least 4 members (excludes halogenated alkanes) is 15. The van der Waals surface area contributed by atoms with E-state index in [0.717, 1.165) is 25.0 Å². The van der Waals surface area contributed by atoms with Gasteiger partial charge in [0.05, 0.1) is 6.61 Å². The lowest BCUT2D eigenvalue weighted by atomic mass is 10.0. The summed E-state index contributed by atoms with van der Waals surface area (Å²) < 4.78 is 68.5. The molecule has 0 unspecified atom stereocenters. The van der Waals surface area contributed by atoms with Crippen molar-refractivity contribution < 1.29 is 30.5 Å². The summed E-state index contributed by atoms with van der Waals surface area (Å²) in [6.07, 6.45) is 20.7. The first-order chi connectivity index (χ1) is 22.2. The van der Waals surface area contributed by atoms with Gasteiger partial charge in [0.1, 0.15) is 11.5 Å². The average Bonchev–Trinajstić information content (AvgIpc) is 3.04. The Balaban J connectivity index is 0.000000464. The average molecular weight is 681 g/mol. The Kier molecular flexibility index (Phi) is 20.3. The van der Waals surface area contributed by atoms with Gasteiger partial charge in [-0.05, 0) is 55.0 Å². The first-order valence-corrected chi connectivity index (χ1v) is 19.0. The van der Waals surface area contributed by atoms with Crippen LogP contribution in [0, 0.1) is 0 Å². The SMILES string of the molecule is CCCCCCCCCCCCCCCCCCOc1ccc(OS(=O)(=O)C(F)(F)F)cc1.c1ccc(Sc2ccccc2)cc1. The predicted octanol–water partition coefficient (Wildman–Crippen LogP) is 12.4. The number of rotatable bonds is 22. The van der Waals surface area contributed by atoms with Gasteiger partial charge in [-0.1, -0.05) is 151 Å². The summed E-state index contributed by atoms with van der Waals surface area (Å²) in [6.45, 7) is 2.77. The van der Waals surface area contributed by atoms with Crippen LogP contribution >= 0.6 is 11.8 Å². The van der Waals surface area contributed by atoms with Crippen molar-refractivity contribution in [2.75, 3.05) is 6.61 Å². The molecule has 3 aromatic carbocycles. The molecule has 0 amide bonds. The van der Waals surface area contributed by atoms with Gasteiger partial charge in [0, 0.05) is 9.79 Å². The molecular formula is C37H51F3O4S2. The second-order valence-electron chi connectivity index (χ2n) is 11.3. The molecule has 0 radical (unpaired) electrons. The zero-order chi connectivity index (χ0) is 33.4. The van der Waals surface area contributed by atoms with E-state index in [2.05, 4.69) is 59.6 Å². The lowest BCUT2D eigenvalue weighted by Gasteiger charge is -2.10. The molecule has 9 heteroatoms. The Morgan fingerprint density at radius 2 is 0.913 bits per heavy atom. The minimum Gasteiger partial charge on any atom is -0.494 e. The molecule has 3 rings (SSSR count). The molecule has 256 valence electrons. The molecule has 0 aliphatic heterocycles. The molecule has 0 saturated carbocycles. The van der Waals surface area contributed by atoms with Gasteiger partial charge in [-0.3, -0.25) is 0 Å². The lowest BCUT2D eigenvalue weighted by Crippen LogP contribution is -2.28. The van der Waals surface area contributed by atoms with Gasteiger partial charge in [0.25, 0.3) is 0 Å². The summed E-state index contributed by atoms with van der Waals surface area (Å²) >= 11 is 1.79. The second-order valence-corrected chi connectivity index (χ2v) is 14.0. The van der Waals surface area contributed by atoms with E-state index in [-0.39, 0.29) is 0 Å². The van der Waals surface area contributed by atoms with Crippen LogP contribution in [0.15, 0.2) is 94.7 Å². The van der Waals surface area contributed by atoms with Crippen molar-refractivity contribution in [3.05, 3.63) is 84.9 Å².